The molecule has 4 nitrogen and oxygen atoms in total. The summed E-state index contributed by atoms with van der Waals surface area (Å²) in [6.07, 6.45) is 6.61. The molecular formula is C17H25N3O. The van der Waals surface area contributed by atoms with Gasteiger partial charge in [-0.25, -0.2) is 0 Å². The van der Waals surface area contributed by atoms with Gasteiger partial charge in [-0.15, -0.1) is 0 Å². The molecule has 2 N–H and O–H groups in total. The van der Waals surface area contributed by atoms with E-state index in [9.17, 15) is 4.79 Å². The van der Waals surface area contributed by atoms with Crippen LogP contribution in [0.2, 0.25) is 0 Å². The van der Waals surface area contributed by atoms with Crippen LogP contribution in [0.1, 0.15) is 56.8 Å². The first-order valence-electron chi connectivity index (χ1n) is 7.73. The van der Waals surface area contributed by atoms with Gasteiger partial charge in [0.1, 0.15) is 0 Å². The van der Waals surface area contributed by atoms with Crippen LogP contribution in [0.15, 0.2) is 24.4 Å². The smallest absolute Gasteiger partial charge is 0.251 e. The second-order valence-corrected chi connectivity index (χ2v) is 6.48. The highest BCUT2D eigenvalue weighted by Crippen LogP contribution is 2.23. The molecule has 0 saturated heterocycles. The number of hydrogen-bond donors (Lipinski definition) is 2. The Morgan fingerprint density at radius 3 is 2.90 bits per heavy atom. The van der Waals surface area contributed by atoms with Crippen LogP contribution in [-0.2, 0) is 0 Å². The highest BCUT2D eigenvalue weighted by Gasteiger charge is 2.18. The Kier molecular flexibility index (Phi) is 4.99. The molecule has 0 radical (unpaired) electrons. The minimum atomic E-state index is -0.0185. The van der Waals surface area contributed by atoms with Gasteiger partial charge in [-0.1, -0.05) is 46.1 Å². The maximum Gasteiger partial charge on any atom is 0.251 e. The summed E-state index contributed by atoms with van der Waals surface area (Å²) in [6.45, 7) is 7.33. The van der Waals surface area contributed by atoms with Crippen molar-refractivity contribution in [3.05, 3.63) is 30.0 Å². The van der Waals surface area contributed by atoms with E-state index in [-0.39, 0.29) is 11.3 Å². The van der Waals surface area contributed by atoms with Crippen LogP contribution in [0, 0.1) is 5.41 Å². The Morgan fingerprint density at radius 1 is 1.33 bits per heavy atom. The lowest BCUT2D eigenvalue weighted by Crippen LogP contribution is -2.34. The van der Waals surface area contributed by atoms with Crippen molar-refractivity contribution in [1.29, 1.82) is 0 Å². The van der Waals surface area contributed by atoms with E-state index >= 15 is 0 Å². The molecule has 1 amide bonds. The molecule has 1 aromatic heterocycles. The number of fused-ring (bicyclic) bond motifs is 1. The zero-order valence-electron chi connectivity index (χ0n) is 13.2. The maximum atomic E-state index is 12.2. The number of H-pyrrole nitrogens is 1. The summed E-state index contributed by atoms with van der Waals surface area (Å²) in [4.78, 5) is 12.2. The average molecular weight is 287 g/mol. The summed E-state index contributed by atoms with van der Waals surface area (Å²) in [5.41, 5.74) is 1.71. The monoisotopic (exact) mass is 287 g/mol. The molecule has 2 aromatic rings. The highest BCUT2D eigenvalue weighted by molar-refractivity contribution is 5.97. The molecule has 2 rings (SSSR count). The molecule has 114 valence electrons. The lowest BCUT2D eigenvalue weighted by atomic mass is 9.87. The van der Waals surface area contributed by atoms with E-state index in [0.29, 0.717) is 12.1 Å². The normalized spacial score (nSPS) is 11.8. The van der Waals surface area contributed by atoms with Crippen LogP contribution < -0.4 is 5.32 Å². The second-order valence-electron chi connectivity index (χ2n) is 6.48. The predicted octanol–water partition coefficient (Wildman–Crippen LogP) is 3.90. The Morgan fingerprint density at radius 2 is 2.14 bits per heavy atom. The van der Waals surface area contributed by atoms with Gasteiger partial charge >= 0.3 is 0 Å². The lowest BCUT2D eigenvalue weighted by Gasteiger charge is -2.25. The van der Waals surface area contributed by atoms with Crippen molar-refractivity contribution in [2.75, 3.05) is 6.54 Å². The van der Waals surface area contributed by atoms with E-state index in [1.807, 2.05) is 18.2 Å². The standard InChI is InChI=1S/C17H25N3O/c1-4-5-6-9-17(2,3)12-18-16(21)13-7-8-14-11-19-20-15(14)10-13/h7-8,10-11H,4-6,9,12H2,1-3H3,(H,18,21)(H,19,20). The van der Waals surface area contributed by atoms with Gasteiger partial charge in [0.25, 0.3) is 5.91 Å². The first kappa shape index (κ1) is 15.5. The maximum absolute atomic E-state index is 12.2. The number of unbranched alkanes of at least 4 members (excludes halogenated alkanes) is 2. The molecule has 1 heterocycles. The number of nitrogens with zero attached hydrogens (tertiary/aromatic N) is 1. The molecule has 4 heteroatoms. The molecule has 0 aliphatic rings. The molecule has 0 aliphatic carbocycles. The van der Waals surface area contributed by atoms with Crippen molar-refractivity contribution in [1.82, 2.24) is 15.5 Å². The fraction of sp³-hybridized carbons (Fsp3) is 0.529. The average Bonchev–Trinajstić information content (AvgIpc) is 2.92. The van der Waals surface area contributed by atoms with E-state index in [1.54, 1.807) is 6.20 Å². The Balaban J connectivity index is 1.91. The van der Waals surface area contributed by atoms with Gasteiger partial charge in [0.2, 0.25) is 0 Å². The molecule has 21 heavy (non-hydrogen) atoms. The molecule has 0 atom stereocenters. The number of aromatic amines is 1. The van der Waals surface area contributed by atoms with Gasteiger partial charge in [0, 0.05) is 17.5 Å². The molecule has 1 aromatic carbocycles. The van der Waals surface area contributed by atoms with E-state index in [4.69, 9.17) is 0 Å². The minimum absolute atomic E-state index is 0.0185. The van der Waals surface area contributed by atoms with Crippen LogP contribution in [0.4, 0.5) is 0 Å². The number of carbonyl (C=O) groups is 1. The van der Waals surface area contributed by atoms with Gasteiger partial charge in [-0.2, -0.15) is 5.10 Å². The summed E-state index contributed by atoms with van der Waals surface area (Å²) < 4.78 is 0. The van der Waals surface area contributed by atoms with Crippen LogP contribution in [0.3, 0.4) is 0 Å². The SMILES string of the molecule is CCCCCC(C)(C)CNC(=O)c1ccc2cn[nH]c2c1. The Bertz CT molecular complexity index is 601. The van der Waals surface area contributed by atoms with E-state index < -0.39 is 0 Å². The predicted molar refractivity (Wildman–Crippen MR) is 86.3 cm³/mol. The summed E-state index contributed by atoms with van der Waals surface area (Å²) >= 11 is 0. The summed E-state index contributed by atoms with van der Waals surface area (Å²) in [7, 11) is 0. The van der Waals surface area contributed by atoms with Crippen molar-refractivity contribution in [2.45, 2.75) is 46.5 Å². The number of amides is 1. The number of hydrogen-bond acceptors (Lipinski definition) is 2. The van der Waals surface area contributed by atoms with Gasteiger partial charge in [0.05, 0.1) is 11.7 Å². The van der Waals surface area contributed by atoms with E-state index in [1.165, 1.54) is 19.3 Å². The topological polar surface area (TPSA) is 57.8 Å². The molecule has 0 fully saturated rings. The third-order valence-corrected chi connectivity index (χ3v) is 3.89. The van der Waals surface area contributed by atoms with Crippen LogP contribution >= 0.6 is 0 Å². The van der Waals surface area contributed by atoms with Crippen LogP contribution in [0.25, 0.3) is 10.9 Å². The van der Waals surface area contributed by atoms with Crippen molar-refractivity contribution in [2.24, 2.45) is 5.41 Å². The highest BCUT2D eigenvalue weighted by atomic mass is 16.1. The third-order valence-electron chi connectivity index (χ3n) is 3.89. The first-order chi connectivity index (χ1) is 10.0. The number of nitrogens with one attached hydrogen (secondary N) is 2. The first-order valence-corrected chi connectivity index (χ1v) is 7.73. The molecule has 0 bridgehead atoms. The molecule has 0 unspecified atom stereocenters. The zero-order chi connectivity index (χ0) is 15.3. The minimum Gasteiger partial charge on any atom is -0.352 e. The van der Waals surface area contributed by atoms with Gasteiger partial charge in [-0.3, -0.25) is 9.89 Å². The molecule has 0 saturated carbocycles. The zero-order valence-corrected chi connectivity index (χ0v) is 13.2. The summed E-state index contributed by atoms with van der Waals surface area (Å²) in [5, 5.41) is 10.9. The van der Waals surface area contributed by atoms with E-state index in [2.05, 4.69) is 36.3 Å². The second kappa shape index (κ2) is 6.74. The van der Waals surface area contributed by atoms with E-state index in [0.717, 1.165) is 17.3 Å². The van der Waals surface area contributed by atoms with Crippen molar-refractivity contribution in [3.63, 3.8) is 0 Å². The molecule has 0 spiro atoms. The largest absolute Gasteiger partial charge is 0.352 e. The molecule has 0 aliphatic heterocycles. The van der Waals surface area contributed by atoms with Crippen LogP contribution in [0.5, 0.6) is 0 Å². The number of benzene rings is 1. The van der Waals surface area contributed by atoms with Gasteiger partial charge in [0.15, 0.2) is 0 Å². The molecular weight excluding hydrogens is 262 g/mol. The summed E-state index contributed by atoms with van der Waals surface area (Å²) in [5.74, 6) is -0.0185. The number of aromatic nitrogens is 2. The van der Waals surface area contributed by atoms with Gasteiger partial charge in [-0.05, 0) is 24.0 Å². The van der Waals surface area contributed by atoms with Crippen molar-refractivity contribution in [3.8, 4) is 0 Å². The summed E-state index contributed by atoms with van der Waals surface area (Å²) in [6, 6.07) is 5.61. The fourth-order valence-electron chi connectivity index (χ4n) is 2.44. The lowest BCUT2D eigenvalue weighted by molar-refractivity contribution is 0.0934. The van der Waals surface area contributed by atoms with Gasteiger partial charge < -0.3 is 5.32 Å². The fourth-order valence-corrected chi connectivity index (χ4v) is 2.44. The number of carbonyl (C=O) groups excluding carboxylic acids is 1. The van der Waals surface area contributed by atoms with Crippen LogP contribution in [-0.4, -0.2) is 22.6 Å². The van der Waals surface area contributed by atoms with Crippen molar-refractivity contribution >= 4 is 16.8 Å². The quantitative estimate of drug-likeness (QED) is 0.759. The Labute approximate surface area is 126 Å². The third kappa shape index (κ3) is 4.31. The van der Waals surface area contributed by atoms with Crippen molar-refractivity contribution < 1.29 is 4.79 Å². The number of rotatable bonds is 7. The Hall–Kier alpha value is -1.84.